The molecule has 0 unspecified atom stereocenters. The summed E-state index contributed by atoms with van der Waals surface area (Å²) in [7, 11) is 0. The van der Waals surface area contributed by atoms with Crippen LogP contribution in [0.15, 0.2) is 36.4 Å². The molecule has 0 radical (unpaired) electrons. The number of hydrogen-bond donors (Lipinski definition) is 1. The van der Waals surface area contributed by atoms with Crippen molar-refractivity contribution in [3.63, 3.8) is 0 Å². The first-order valence-electron chi connectivity index (χ1n) is 7.50. The number of nitrogens with zero attached hydrogens (tertiary/aromatic N) is 1. The van der Waals surface area contributed by atoms with Crippen molar-refractivity contribution in [1.82, 2.24) is 10.2 Å². The van der Waals surface area contributed by atoms with Crippen LogP contribution in [0.1, 0.15) is 15.3 Å². The predicted octanol–water partition coefficient (Wildman–Crippen LogP) is 3.04. The number of fused-ring (bicyclic) bond motifs is 1. The van der Waals surface area contributed by atoms with Crippen molar-refractivity contribution < 1.29 is 4.74 Å². The smallest absolute Gasteiger partial charge is 0.123 e. The van der Waals surface area contributed by atoms with E-state index in [1.165, 1.54) is 15.3 Å². The molecule has 0 aliphatic carbocycles. The predicted molar refractivity (Wildman–Crippen MR) is 88.0 cm³/mol. The van der Waals surface area contributed by atoms with E-state index >= 15 is 0 Å². The summed E-state index contributed by atoms with van der Waals surface area (Å²) in [6.07, 6.45) is 0. The van der Waals surface area contributed by atoms with Crippen molar-refractivity contribution in [2.75, 3.05) is 26.2 Å². The molecule has 1 aromatic heterocycles. The van der Waals surface area contributed by atoms with Crippen LogP contribution in [0.25, 0.3) is 0 Å². The molecule has 0 spiro atoms. The first kappa shape index (κ1) is 14.6. The Morgan fingerprint density at radius 1 is 1.24 bits per heavy atom. The van der Waals surface area contributed by atoms with Crippen LogP contribution in [0, 0.1) is 6.92 Å². The molecule has 1 aliphatic heterocycles. The molecule has 0 fully saturated rings. The van der Waals surface area contributed by atoms with Crippen molar-refractivity contribution in [2.24, 2.45) is 0 Å². The molecule has 112 valence electrons. The lowest BCUT2D eigenvalue weighted by Gasteiger charge is -2.19. The zero-order valence-corrected chi connectivity index (χ0v) is 13.3. The summed E-state index contributed by atoms with van der Waals surface area (Å²) < 4.78 is 5.80. The SMILES string of the molecule is Cc1ccc(CNCCN2CCOc3ccccc3C2)s1. The molecule has 1 aromatic carbocycles. The van der Waals surface area contributed by atoms with Crippen LogP contribution < -0.4 is 10.1 Å². The topological polar surface area (TPSA) is 24.5 Å². The normalized spacial score (nSPS) is 15.3. The van der Waals surface area contributed by atoms with E-state index in [4.69, 9.17) is 4.74 Å². The fraction of sp³-hybridized carbons (Fsp3) is 0.412. The quantitative estimate of drug-likeness (QED) is 0.859. The van der Waals surface area contributed by atoms with Gasteiger partial charge in [0.25, 0.3) is 0 Å². The van der Waals surface area contributed by atoms with Crippen LogP contribution in [0.4, 0.5) is 0 Å². The molecular weight excluding hydrogens is 280 g/mol. The average molecular weight is 302 g/mol. The van der Waals surface area contributed by atoms with Gasteiger partial charge in [-0.1, -0.05) is 18.2 Å². The number of nitrogens with one attached hydrogen (secondary N) is 1. The van der Waals surface area contributed by atoms with Crippen molar-refractivity contribution in [1.29, 1.82) is 0 Å². The van der Waals surface area contributed by atoms with E-state index < -0.39 is 0 Å². The fourth-order valence-corrected chi connectivity index (χ4v) is 3.46. The second-order valence-corrected chi connectivity index (χ2v) is 6.79. The van der Waals surface area contributed by atoms with Gasteiger partial charge in [0.05, 0.1) is 0 Å². The Kier molecular flexibility index (Phi) is 4.91. The molecule has 4 heteroatoms. The lowest BCUT2D eigenvalue weighted by atomic mass is 10.2. The summed E-state index contributed by atoms with van der Waals surface area (Å²) in [6, 6.07) is 12.8. The number of thiophene rings is 1. The highest BCUT2D eigenvalue weighted by molar-refractivity contribution is 7.11. The van der Waals surface area contributed by atoms with Gasteiger partial charge in [-0.3, -0.25) is 4.90 Å². The first-order chi connectivity index (χ1) is 10.3. The minimum Gasteiger partial charge on any atom is -0.492 e. The molecule has 1 N–H and O–H groups in total. The number of ether oxygens (including phenoxy) is 1. The van der Waals surface area contributed by atoms with E-state index in [1.807, 2.05) is 17.4 Å². The van der Waals surface area contributed by atoms with E-state index in [0.29, 0.717) is 0 Å². The molecule has 3 rings (SSSR count). The molecule has 1 aliphatic rings. The maximum atomic E-state index is 5.80. The molecule has 0 bridgehead atoms. The van der Waals surface area contributed by atoms with E-state index in [0.717, 1.165) is 45.1 Å². The third-order valence-corrected chi connectivity index (χ3v) is 4.73. The number of benzene rings is 1. The Bertz CT molecular complexity index is 582. The average Bonchev–Trinajstić information content (AvgIpc) is 2.79. The monoisotopic (exact) mass is 302 g/mol. The minimum absolute atomic E-state index is 0.779. The third kappa shape index (κ3) is 4.06. The fourth-order valence-electron chi connectivity index (χ4n) is 2.60. The van der Waals surface area contributed by atoms with Crippen molar-refractivity contribution in [2.45, 2.75) is 20.0 Å². The summed E-state index contributed by atoms with van der Waals surface area (Å²) in [5, 5.41) is 3.53. The van der Waals surface area contributed by atoms with Gasteiger partial charge in [0.2, 0.25) is 0 Å². The highest BCUT2D eigenvalue weighted by Crippen LogP contribution is 2.22. The summed E-state index contributed by atoms with van der Waals surface area (Å²) >= 11 is 1.87. The Morgan fingerprint density at radius 2 is 2.14 bits per heavy atom. The van der Waals surface area contributed by atoms with Crippen molar-refractivity contribution >= 4 is 11.3 Å². The summed E-state index contributed by atoms with van der Waals surface area (Å²) in [4.78, 5) is 5.25. The zero-order valence-electron chi connectivity index (χ0n) is 12.5. The molecule has 3 nitrogen and oxygen atoms in total. The Hall–Kier alpha value is -1.36. The Morgan fingerprint density at radius 3 is 3.00 bits per heavy atom. The second kappa shape index (κ2) is 7.07. The molecule has 2 aromatic rings. The second-order valence-electron chi connectivity index (χ2n) is 5.42. The molecular formula is C17H22N2OS. The van der Waals surface area contributed by atoms with Crippen LogP contribution in [-0.2, 0) is 13.1 Å². The Labute approximate surface area is 130 Å². The first-order valence-corrected chi connectivity index (χ1v) is 8.32. The van der Waals surface area contributed by atoms with Gasteiger partial charge < -0.3 is 10.1 Å². The molecule has 0 saturated heterocycles. The molecule has 0 amide bonds. The van der Waals surface area contributed by atoms with E-state index in [2.05, 4.69) is 47.5 Å². The van der Waals surface area contributed by atoms with Gasteiger partial charge in [0, 0.05) is 48.0 Å². The van der Waals surface area contributed by atoms with Gasteiger partial charge in [-0.25, -0.2) is 0 Å². The zero-order chi connectivity index (χ0) is 14.5. The van der Waals surface area contributed by atoms with E-state index in [-0.39, 0.29) is 0 Å². The lowest BCUT2D eigenvalue weighted by molar-refractivity contribution is 0.226. The molecule has 0 atom stereocenters. The van der Waals surface area contributed by atoms with Crippen molar-refractivity contribution in [3.05, 3.63) is 51.7 Å². The highest BCUT2D eigenvalue weighted by Gasteiger charge is 2.14. The summed E-state index contributed by atoms with van der Waals surface area (Å²) in [6.45, 7) is 7.95. The van der Waals surface area contributed by atoms with Gasteiger partial charge in [-0.05, 0) is 25.1 Å². The Balaban J connectivity index is 1.45. The maximum Gasteiger partial charge on any atom is 0.123 e. The molecule has 2 heterocycles. The minimum atomic E-state index is 0.779. The van der Waals surface area contributed by atoms with Crippen LogP contribution in [-0.4, -0.2) is 31.1 Å². The van der Waals surface area contributed by atoms with Gasteiger partial charge in [0.15, 0.2) is 0 Å². The van der Waals surface area contributed by atoms with Crippen LogP contribution in [0.2, 0.25) is 0 Å². The summed E-state index contributed by atoms with van der Waals surface area (Å²) in [5.41, 5.74) is 1.30. The number of rotatable bonds is 5. The number of para-hydroxylation sites is 1. The van der Waals surface area contributed by atoms with E-state index in [1.54, 1.807) is 0 Å². The maximum absolute atomic E-state index is 5.80. The lowest BCUT2D eigenvalue weighted by Crippen LogP contribution is -2.33. The van der Waals surface area contributed by atoms with Gasteiger partial charge in [0.1, 0.15) is 12.4 Å². The number of aryl methyl sites for hydroxylation is 1. The number of hydrogen-bond acceptors (Lipinski definition) is 4. The van der Waals surface area contributed by atoms with Crippen molar-refractivity contribution in [3.8, 4) is 5.75 Å². The summed E-state index contributed by atoms with van der Waals surface area (Å²) in [5.74, 6) is 1.04. The highest BCUT2D eigenvalue weighted by atomic mass is 32.1. The standard InChI is InChI=1S/C17H22N2OS/c1-14-6-7-16(21-14)12-18-8-9-19-10-11-20-17-5-3-2-4-15(17)13-19/h2-7,18H,8-13H2,1H3. The van der Waals surface area contributed by atoms with Crippen LogP contribution in [0.3, 0.4) is 0 Å². The molecule has 21 heavy (non-hydrogen) atoms. The van der Waals surface area contributed by atoms with Gasteiger partial charge >= 0.3 is 0 Å². The van der Waals surface area contributed by atoms with Crippen LogP contribution in [0.5, 0.6) is 5.75 Å². The third-order valence-electron chi connectivity index (χ3n) is 3.73. The van der Waals surface area contributed by atoms with E-state index in [9.17, 15) is 0 Å². The van der Waals surface area contributed by atoms with Gasteiger partial charge in [-0.2, -0.15) is 0 Å². The van der Waals surface area contributed by atoms with Gasteiger partial charge in [-0.15, -0.1) is 11.3 Å². The van der Waals surface area contributed by atoms with Crippen LogP contribution >= 0.6 is 11.3 Å². The largest absolute Gasteiger partial charge is 0.492 e. The molecule has 0 saturated carbocycles.